The van der Waals surface area contributed by atoms with Crippen LogP contribution in [0.25, 0.3) is 0 Å². The Morgan fingerprint density at radius 3 is 2.39 bits per heavy atom. The average molecular weight is 312 g/mol. The van der Waals surface area contributed by atoms with Gasteiger partial charge in [0.05, 0.1) is 0 Å². The molecule has 2 aromatic rings. The third kappa shape index (κ3) is 3.42. The molecular weight excluding hydrogens is 296 g/mol. The number of rotatable bonds is 4. The topological polar surface area (TPSA) is 67.9 Å². The van der Waals surface area contributed by atoms with E-state index >= 15 is 0 Å². The molecule has 0 bridgehead atoms. The highest BCUT2D eigenvalue weighted by molar-refractivity contribution is 5.97. The highest BCUT2D eigenvalue weighted by Gasteiger charge is 2.35. The number of nitrogens with one attached hydrogen (secondary N) is 1. The molecule has 2 aromatic carbocycles. The fourth-order valence-electron chi connectivity index (χ4n) is 2.20. The van der Waals surface area contributed by atoms with Crippen molar-refractivity contribution in [3.8, 4) is 11.5 Å². The molecule has 1 aliphatic heterocycles. The molecule has 6 nitrogen and oxygen atoms in total. The van der Waals surface area contributed by atoms with Gasteiger partial charge in [0.15, 0.2) is 0 Å². The van der Waals surface area contributed by atoms with Gasteiger partial charge in [-0.05, 0) is 36.4 Å². The number of carbonyl (C=O) groups is 2. The van der Waals surface area contributed by atoms with E-state index in [0.717, 1.165) is 5.75 Å². The average Bonchev–Trinajstić information content (AvgIpc) is 2.90. The Hall–Kier alpha value is -3.02. The lowest BCUT2D eigenvalue weighted by Crippen LogP contribution is -2.40. The molecule has 1 aliphatic rings. The van der Waals surface area contributed by atoms with Gasteiger partial charge in [0.25, 0.3) is 5.91 Å². The van der Waals surface area contributed by atoms with Gasteiger partial charge in [-0.25, -0.2) is 4.79 Å². The molecule has 1 fully saturated rings. The molecule has 1 N–H and O–H groups in total. The number of ether oxygens (including phenoxy) is 2. The maximum Gasteiger partial charge on any atom is 0.410 e. The fourth-order valence-corrected chi connectivity index (χ4v) is 2.20. The van der Waals surface area contributed by atoms with Crippen molar-refractivity contribution in [1.29, 1.82) is 0 Å². The number of cyclic esters (lactones) is 1. The second-order valence-electron chi connectivity index (χ2n) is 5.13. The number of para-hydroxylation sites is 1. The summed E-state index contributed by atoms with van der Waals surface area (Å²) in [5.74, 6) is 1.13. The van der Waals surface area contributed by atoms with Gasteiger partial charge < -0.3 is 14.8 Å². The van der Waals surface area contributed by atoms with Crippen LogP contribution in [0.3, 0.4) is 0 Å². The first-order valence-electron chi connectivity index (χ1n) is 7.17. The van der Waals surface area contributed by atoms with Gasteiger partial charge in [-0.3, -0.25) is 9.69 Å². The van der Waals surface area contributed by atoms with Crippen LogP contribution < -0.4 is 10.1 Å². The van der Waals surface area contributed by atoms with E-state index in [-0.39, 0.29) is 12.5 Å². The molecule has 23 heavy (non-hydrogen) atoms. The molecule has 0 radical (unpaired) electrons. The zero-order valence-corrected chi connectivity index (χ0v) is 12.6. The summed E-state index contributed by atoms with van der Waals surface area (Å²) in [4.78, 5) is 24.7. The standard InChI is InChI=1S/C17H16N2O4/c1-19-15(11-22-17(19)21)16(20)18-12-7-9-14(10-8-12)23-13-5-3-2-4-6-13/h2-10,15H,11H2,1H3,(H,18,20). The lowest BCUT2D eigenvalue weighted by Gasteiger charge is -2.15. The van der Waals surface area contributed by atoms with Crippen LogP contribution in [-0.4, -0.2) is 36.6 Å². The summed E-state index contributed by atoms with van der Waals surface area (Å²) in [6, 6.07) is 15.8. The van der Waals surface area contributed by atoms with Gasteiger partial charge in [-0.1, -0.05) is 18.2 Å². The van der Waals surface area contributed by atoms with E-state index in [2.05, 4.69) is 5.32 Å². The number of hydrogen-bond donors (Lipinski definition) is 1. The summed E-state index contributed by atoms with van der Waals surface area (Å²) in [7, 11) is 1.54. The van der Waals surface area contributed by atoms with Gasteiger partial charge in [0, 0.05) is 12.7 Å². The van der Waals surface area contributed by atoms with Crippen molar-refractivity contribution in [3.05, 3.63) is 54.6 Å². The normalized spacial score (nSPS) is 16.8. The summed E-state index contributed by atoms with van der Waals surface area (Å²) in [6.45, 7) is 0.0658. The monoisotopic (exact) mass is 312 g/mol. The lowest BCUT2D eigenvalue weighted by atomic mass is 10.2. The number of anilines is 1. The Labute approximate surface area is 133 Å². The predicted octanol–water partition coefficient (Wildman–Crippen LogP) is 2.87. The number of benzene rings is 2. The SMILES string of the molecule is CN1C(=O)OCC1C(=O)Nc1ccc(Oc2ccccc2)cc1. The van der Waals surface area contributed by atoms with Gasteiger partial charge in [-0.2, -0.15) is 0 Å². The highest BCUT2D eigenvalue weighted by atomic mass is 16.6. The second kappa shape index (κ2) is 6.39. The number of amides is 2. The van der Waals surface area contributed by atoms with E-state index in [1.54, 1.807) is 24.3 Å². The minimum Gasteiger partial charge on any atom is -0.457 e. The van der Waals surface area contributed by atoms with E-state index in [0.29, 0.717) is 11.4 Å². The van der Waals surface area contributed by atoms with Gasteiger partial charge >= 0.3 is 6.09 Å². The number of likely N-dealkylation sites (N-methyl/N-ethyl adjacent to an activating group) is 1. The molecule has 2 amide bonds. The van der Waals surface area contributed by atoms with Crippen molar-refractivity contribution < 1.29 is 19.1 Å². The van der Waals surface area contributed by atoms with Crippen molar-refractivity contribution in [3.63, 3.8) is 0 Å². The number of hydrogen-bond acceptors (Lipinski definition) is 4. The zero-order valence-electron chi connectivity index (χ0n) is 12.6. The first-order chi connectivity index (χ1) is 11.1. The van der Waals surface area contributed by atoms with Crippen LogP contribution >= 0.6 is 0 Å². The van der Waals surface area contributed by atoms with E-state index in [4.69, 9.17) is 9.47 Å². The minimum absolute atomic E-state index is 0.0658. The van der Waals surface area contributed by atoms with E-state index < -0.39 is 12.1 Å². The maximum absolute atomic E-state index is 12.1. The quantitative estimate of drug-likeness (QED) is 0.942. The Morgan fingerprint density at radius 2 is 1.78 bits per heavy atom. The summed E-state index contributed by atoms with van der Waals surface area (Å²) < 4.78 is 10.5. The first kappa shape index (κ1) is 14.9. The third-order valence-electron chi connectivity index (χ3n) is 3.52. The second-order valence-corrected chi connectivity index (χ2v) is 5.13. The van der Waals surface area contributed by atoms with Crippen LogP contribution in [0, 0.1) is 0 Å². The van der Waals surface area contributed by atoms with Crippen LogP contribution in [0.5, 0.6) is 11.5 Å². The summed E-state index contributed by atoms with van der Waals surface area (Å²) in [5.41, 5.74) is 0.628. The van der Waals surface area contributed by atoms with Gasteiger partial charge in [0.2, 0.25) is 0 Å². The Bertz CT molecular complexity index is 700. The molecule has 6 heteroatoms. The Morgan fingerprint density at radius 1 is 1.13 bits per heavy atom. The van der Waals surface area contributed by atoms with Crippen LogP contribution in [0.1, 0.15) is 0 Å². The summed E-state index contributed by atoms with van der Waals surface area (Å²) in [5, 5.41) is 2.76. The number of carbonyl (C=O) groups excluding carboxylic acids is 2. The largest absolute Gasteiger partial charge is 0.457 e. The number of nitrogens with zero attached hydrogens (tertiary/aromatic N) is 1. The molecule has 0 aliphatic carbocycles. The molecule has 0 aromatic heterocycles. The van der Waals surface area contributed by atoms with E-state index in [9.17, 15) is 9.59 Å². The highest BCUT2D eigenvalue weighted by Crippen LogP contribution is 2.23. The predicted molar refractivity (Wildman–Crippen MR) is 84.5 cm³/mol. The van der Waals surface area contributed by atoms with Crippen LogP contribution in [0.4, 0.5) is 10.5 Å². The van der Waals surface area contributed by atoms with Crippen molar-refractivity contribution in [1.82, 2.24) is 4.90 Å². The molecule has 1 heterocycles. The zero-order chi connectivity index (χ0) is 16.2. The van der Waals surface area contributed by atoms with Gasteiger partial charge in [0.1, 0.15) is 24.1 Å². The van der Waals surface area contributed by atoms with E-state index in [1.165, 1.54) is 11.9 Å². The smallest absolute Gasteiger partial charge is 0.410 e. The van der Waals surface area contributed by atoms with E-state index in [1.807, 2.05) is 30.3 Å². The summed E-state index contributed by atoms with van der Waals surface area (Å²) in [6.07, 6.45) is -0.489. The van der Waals surface area contributed by atoms with Crippen molar-refractivity contribution in [2.24, 2.45) is 0 Å². The van der Waals surface area contributed by atoms with Crippen LogP contribution in [0.15, 0.2) is 54.6 Å². The fraction of sp³-hybridized carbons (Fsp3) is 0.176. The Balaban J connectivity index is 1.61. The molecule has 0 spiro atoms. The maximum atomic E-state index is 12.1. The van der Waals surface area contributed by atoms with Gasteiger partial charge in [-0.15, -0.1) is 0 Å². The molecule has 1 atom stereocenters. The molecule has 3 rings (SSSR count). The lowest BCUT2D eigenvalue weighted by molar-refractivity contribution is -0.119. The van der Waals surface area contributed by atoms with Crippen molar-refractivity contribution in [2.45, 2.75) is 6.04 Å². The molecule has 1 unspecified atom stereocenters. The minimum atomic E-state index is -0.609. The molecule has 1 saturated heterocycles. The van der Waals surface area contributed by atoms with Crippen molar-refractivity contribution >= 4 is 17.7 Å². The molecule has 0 saturated carbocycles. The first-order valence-corrected chi connectivity index (χ1v) is 7.17. The Kier molecular flexibility index (Phi) is 4.14. The van der Waals surface area contributed by atoms with Crippen LogP contribution in [0.2, 0.25) is 0 Å². The molecule has 118 valence electrons. The van der Waals surface area contributed by atoms with Crippen LogP contribution in [-0.2, 0) is 9.53 Å². The molecular formula is C17H16N2O4. The summed E-state index contributed by atoms with van der Waals surface area (Å²) >= 11 is 0. The van der Waals surface area contributed by atoms with Crippen molar-refractivity contribution in [2.75, 3.05) is 19.0 Å². The third-order valence-corrected chi connectivity index (χ3v) is 3.52.